The number of aliphatic hydroxyl groups is 3. The Morgan fingerprint density at radius 2 is 1.68 bits per heavy atom. The highest BCUT2D eigenvalue weighted by molar-refractivity contribution is 6.21. The Bertz CT molecular complexity index is 1360. The summed E-state index contributed by atoms with van der Waals surface area (Å²) in [6.07, 6.45) is 4.31. The van der Waals surface area contributed by atoms with Crippen molar-refractivity contribution in [3.8, 4) is 0 Å². The van der Waals surface area contributed by atoms with E-state index in [-0.39, 0.29) is 5.57 Å². The summed E-state index contributed by atoms with van der Waals surface area (Å²) in [4.78, 5) is 51.6. The number of Topliss-reactive ketones (excluding diaryl/α,β-unsaturated/α-hetero) is 2. The van der Waals surface area contributed by atoms with Crippen molar-refractivity contribution in [2.75, 3.05) is 28.2 Å². The number of carbonyl (C=O) groups is 3. The van der Waals surface area contributed by atoms with Gasteiger partial charge in [0.05, 0.1) is 24.0 Å². The minimum atomic E-state index is -1.26. The van der Waals surface area contributed by atoms with E-state index in [1.54, 1.807) is 43.5 Å². The maximum Gasteiger partial charge on any atom is 0.255 e. The summed E-state index contributed by atoms with van der Waals surface area (Å²) in [6, 6.07) is 0.900. The molecule has 0 bridgehead atoms. The SMILES string of the molecule is CN(C)C1=C2CC3C[C@@H]4C(C(=O)C(C(N)=O)=C(O)[C@H]4N(C)C)C(O)=C3C(=O)C2C(O)C(c2ncccn2)=C1. The number of hydrogen-bond acceptors (Lipinski definition) is 10. The van der Waals surface area contributed by atoms with Gasteiger partial charge in [0.2, 0.25) is 0 Å². The maximum absolute atomic E-state index is 14.1. The average Bonchev–Trinajstić information content (AvgIpc) is 2.83. The largest absolute Gasteiger partial charge is 0.511 e. The molecule has 1 amide bonds. The number of fused-ring (bicyclic) bond motifs is 3. The van der Waals surface area contributed by atoms with E-state index < -0.39 is 70.4 Å². The number of aromatic nitrogens is 2. The molecule has 0 radical (unpaired) electrons. The van der Waals surface area contributed by atoms with E-state index in [1.807, 2.05) is 19.0 Å². The Balaban J connectivity index is 1.66. The average molecular weight is 522 g/mol. The first-order chi connectivity index (χ1) is 18.0. The minimum absolute atomic E-state index is 0.0865. The molecule has 200 valence electrons. The minimum Gasteiger partial charge on any atom is -0.511 e. The molecule has 4 aliphatic carbocycles. The molecule has 1 fully saturated rings. The molecule has 38 heavy (non-hydrogen) atoms. The molecule has 4 unspecified atom stereocenters. The van der Waals surface area contributed by atoms with Gasteiger partial charge in [-0.1, -0.05) is 0 Å². The Kier molecular flexibility index (Phi) is 6.23. The molecule has 11 nitrogen and oxygen atoms in total. The summed E-state index contributed by atoms with van der Waals surface area (Å²) in [5.41, 5.74) is 6.83. The Hall–Kier alpha value is -3.83. The van der Waals surface area contributed by atoms with Gasteiger partial charge in [0.25, 0.3) is 5.91 Å². The molecule has 1 aromatic heterocycles. The molecular formula is C27H31N5O6. The quantitative estimate of drug-likeness (QED) is 0.410. The maximum atomic E-state index is 14.1. The van der Waals surface area contributed by atoms with E-state index in [0.29, 0.717) is 24.2 Å². The predicted octanol–water partition coefficient (Wildman–Crippen LogP) is 0.514. The molecule has 4 aliphatic rings. The standard InChI is InChI=1S/C27H31N5O6/c1-31(2)15-10-14(27-29-6-5-7-30-27)21(33)17-12(15)8-11-9-13-18(23(35)16(11)22(17)34)24(36)19(26(28)38)25(37)20(13)32(3)4/h5-7,10-11,13,17-18,20-21,33,35,37H,8-9H2,1-4H3,(H2,28,38)/t11?,13-,17?,18?,20+,21?/m1/s1. The summed E-state index contributed by atoms with van der Waals surface area (Å²) in [5.74, 6) is -6.14. The molecule has 1 heterocycles. The van der Waals surface area contributed by atoms with Gasteiger partial charge in [0, 0.05) is 43.3 Å². The summed E-state index contributed by atoms with van der Waals surface area (Å²) < 4.78 is 0. The molecule has 0 spiro atoms. The second-order valence-corrected chi connectivity index (χ2v) is 10.7. The van der Waals surface area contributed by atoms with Crippen molar-refractivity contribution in [2.45, 2.75) is 25.0 Å². The fourth-order valence-electron chi connectivity index (χ4n) is 6.69. The van der Waals surface area contributed by atoms with Crippen LogP contribution in [0.4, 0.5) is 0 Å². The number of likely N-dealkylation sites (N-methyl/N-ethyl adjacent to an activating group) is 2. The van der Waals surface area contributed by atoms with Crippen LogP contribution in [0.1, 0.15) is 18.7 Å². The number of rotatable bonds is 4. The predicted molar refractivity (Wildman–Crippen MR) is 136 cm³/mol. The lowest BCUT2D eigenvalue weighted by atomic mass is 9.58. The number of allylic oxidation sites excluding steroid dienone is 3. The van der Waals surface area contributed by atoms with Crippen LogP contribution in [-0.4, -0.2) is 92.9 Å². The van der Waals surface area contributed by atoms with Crippen molar-refractivity contribution in [3.63, 3.8) is 0 Å². The number of nitrogens with two attached hydrogens (primary N) is 1. The van der Waals surface area contributed by atoms with Crippen LogP contribution in [0.5, 0.6) is 0 Å². The van der Waals surface area contributed by atoms with E-state index in [9.17, 15) is 29.7 Å². The molecule has 11 heteroatoms. The van der Waals surface area contributed by atoms with Crippen molar-refractivity contribution < 1.29 is 29.7 Å². The van der Waals surface area contributed by atoms with Gasteiger partial charge in [0.1, 0.15) is 17.1 Å². The Morgan fingerprint density at radius 1 is 1.03 bits per heavy atom. The van der Waals surface area contributed by atoms with Crippen molar-refractivity contribution in [3.05, 3.63) is 64.3 Å². The summed E-state index contributed by atoms with van der Waals surface area (Å²) in [7, 11) is 7.09. The van der Waals surface area contributed by atoms with E-state index in [2.05, 4.69) is 9.97 Å². The van der Waals surface area contributed by atoms with Gasteiger partial charge in [0.15, 0.2) is 17.4 Å². The van der Waals surface area contributed by atoms with Crippen LogP contribution in [0.15, 0.2) is 58.5 Å². The first-order valence-electron chi connectivity index (χ1n) is 12.4. The fourth-order valence-corrected chi connectivity index (χ4v) is 6.69. The zero-order valence-electron chi connectivity index (χ0n) is 21.6. The van der Waals surface area contributed by atoms with Crippen molar-refractivity contribution >= 4 is 23.0 Å². The molecule has 0 aromatic carbocycles. The van der Waals surface area contributed by atoms with Crippen LogP contribution in [-0.2, 0) is 14.4 Å². The normalized spacial score (nSPS) is 31.2. The Morgan fingerprint density at radius 3 is 2.26 bits per heavy atom. The van der Waals surface area contributed by atoms with Gasteiger partial charge < -0.3 is 26.0 Å². The Labute approximate surface area is 219 Å². The number of carbonyl (C=O) groups excluding carboxylic acids is 3. The second-order valence-electron chi connectivity index (χ2n) is 10.7. The van der Waals surface area contributed by atoms with Crippen LogP contribution in [0, 0.1) is 23.7 Å². The third-order valence-electron chi connectivity index (χ3n) is 8.19. The van der Waals surface area contributed by atoms with Gasteiger partial charge in [-0.05, 0) is 56.5 Å². The molecular weight excluding hydrogens is 490 g/mol. The molecule has 0 aliphatic heterocycles. The third kappa shape index (κ3) is 3.68. The highest BCUT2D eigenvalue weighted by Crippen LogP contribution is 2.53. The van der Waals surface area contributed by atoms with Crippen molar-refractivity contribution in [2.24, 2.45) is 29.4 Å². The fraction of sp³-hybridized carbons (Fsp3) is 0.444. The summed E-state index contributed by atoms with van der Waals surface area (Å²) >= 11 is 0. The number of aliphatic hydroxyl groups excluding tert-OH is 3. The van der Waals surface area contributed by atoms with Gasteiger partial charge in [-0.25, -0.2) is 9.97 Å². The van der Waals surface area contributed by atoms with Gasteiger partial charge in [-0.15, -0.1) is 0 Å². The number of amides is 1. The van der Waals surface area contributed by atoms with Crippen molar-refractivity contribution in [1.29, 1.82) is 0 Å². The zero-order valence-corrected chi connectivity index (χ0v) is 21.6. The highest BCUT2D eigenvalue weighted by Gasteiger charge is 2.56. The summed E-state index contributed by atoms with van der Waals surface area (Å²) in [6.45, 7) is 0. The lowest BCUT2D eigenvalue weighted by Gasteiger charge is -2.48. The molecule has 1 saturated carbocycles. The first-order valence-corrected chi connectivity index (χ1v) is 12.4. The van der Waals surface area contributed by atoms with Crippen LogP contribution in [0.2, 0.25) is 0 Å². The molecule has 0 saturated heterocycles. The number of nitrogens with zero attached hydrogens (tertiary/aromatic N) is 4. The van der Waals surface area contributed by atoms with Crippen LogP contribution >= 0.6 is 0 Å². The summed E-state index contributed by atoms with van der Waals surface area (Å²) in [5, 5.41) is 33.8. The lowest BCUT2D eigenvalue weighted by molar-refractivity contribution is -0.128. The number of ketones is 2. The first kappa shape index (κ1) is 25.8. The van der Waals surface area contributed by atoms with Gasteiger partial charge in [-0.3, -0.25) is 19.3 Å². The van der Waals surface area contributed by atoms with E-state index in [4.69, 9.17) is 5.73 Å². The van der Waals surface area contributed by atoms with Gasteiger partial charge in [-0.2, -0.15) is 0 Å². The molecule has 6 atom stereocenters. The van der Waals surface area contributed by atoms with Gasteiger partial charge >= 0.3 is 0 Å². The van der Waals surface area contributed by atoms with E-state index in [1.165, 1.54) is 0 Å². The topological polar surface area (TPSA) is 170 Å². The molecule has 1 aromatic rings. The number of hydrogen-bond donors (Lipinski definition) is 4. The van der Waals surface area contributed by atoms with Crippen LogP contribution in [0.25, 0.3) is 5.57 Å². The second kappa shape index (κ2) is 9.17. The molecule has 5 rings (SSSR count). The van der Waals surface area contributed by atoms with Crippen LogP contribution in [0.3, 0.4) is 0 Å². The van der Waals surface area contributed by atoms with Crippen molar-refractivity contribution in [1.82, 2.24) is 19.8 Å². The third-order valence-corrected chi connectivity index (χ3v) is 8.19. The molecule has 5 N–H and O–H groups in total. The number of primary amides is 1. The zero-order chi connectivity index (χ0) is 27.6. The monoisotopic (exact) mass is 521 g/mol. The highest BCUT2D eigenvalue weighted by atomic mass is 16.3. The van der Waals surface area contributed by atoms with E-state index >= 15 is 0 Å². The lowest BCUT2D eigenvalue weighted by Crippen LogP contribution is -2.54. The van der Waals surface area contributed by atoms with Crippen LogP contribution < -0.4 is 5.73 Å². The smallest absolute Gasteiger partial charge is 0.255 e. The van der Waals surface area contributed by atoms with E-state index in [0.717, 1.165) is 11.3 Å².